The Balaban J connectivity index is 1.55. The highest BCUT2D eigenvalue weighted by atomic mass is 19.1. The second-order valence-corrected chi connectivity index (χ2v) is 10.4. The van der Waals surface area contributed by atoms with Crippen molar-refractivity contribution in [2.75, 3.05) is 19.4 Å². The lowest BCUT2D eigenvalue weighted by Crippen LogP contribution is -2.33. The van der Waals surface area contributed by atoms with Gasteiger partial charge in [-0.05, 0) is 82.6 Å². The van der Waals surface area contributed by atoms with Crippen molar-refractivity contribution in [1.82, 2.24) is 24.2 Å². The lowest BCUT2D eigenvalue weighted by atomic mass is 9.87. The minimum atomic E-state index is -1.62. The molecule has 1 aromatic carbocycles. The highest BCUT2D eigenvalue weighted by molar-refractivity contribution is 5.82. The first-order chi connectivity index (χ1) is 17.7. The number of allylic oxidation sites excluding steroid dienone is 1. The van der Waals surface area contributed by atoms with Crippen LogP contribution in [0.2, 0.25) is 0 Å². The summed E-state index contributed by atoms with van der Waals surface area (Å²) in [5.74, 6) is 1.07. The van der Waals surface area contributed by atoms with Crippen molar-refractivity contribution in [3.63, 3.8) is 0 Å². The lowest BCUT2D eigenvalue weighted by molar-refractivity contribution is 0.214. The summed E-state index contributed by atoms with van der Waals surface area (Å²) >= 11 is 0. The van der Waals surface area contributed by atoms with Gasteiger partial charge in [0.05, 0.1) is 23.1 Å². The number of benzene rings is 1. The monoisotopic (exact) mass is 500 g/mol. The average Bonchev–Trinajstić information content (AvgIpc) is 3.14. The first-order valence-electron chi connectivity index (χ1n) is 12.6. The van der Waals surface area contributed by atoms with Crippen molar-refractivity contribution < 1.29 is 4.39 Å². The van der Waals surface area contributed by atoms with E-state index in [-0.39, 0.29) is 12.1 Å². The Morgan fingerprint density at radius 2 is 2.03 bits per heavy atom. The largest absolute Gasteiger partial charge is 0.340 e. The molecule has 0 bridgehead atoms. The number of pyridine rings is 2. The molecule has 37 heavy (non-hydrogen) atoms. The summed E-state index contributed by atoms with van der Waals surface area (Å²) in [4.78, 5) is 24.6. The standard InChI is InChI=1S/C29H33FN6O/c1-6-14-35-28(37)23-18-31-26(17-24(23)36(35)27-9-7-8-25(33-27)29(2,3)30)32-21-12-10-20-16-22(34(4)5)13-11-19(20)15-21/h6-10,12,15,17-18,22H,1,11,13-14,16H2,2-5H3,(H,31,32). The number of aryl methyl sites for hydroxylation is 1. The summed E-state index contributed by atoms with van der Waals surface area (Å²) in [6.07, 6.45) is 6.46. The van der Waals surface area contributed by atoms with Crippen LogP contribution in [0.3, 0.4) is 0 Å². The third-order valence-corrected chi connectivity index (χ3v) is 7.09. The van der Waals surface area contributed by atoms with Gasteiger partial charge in [-0.15, -0.1) is 6.58 Å². The van der Waals surface area contributed by atoms with Gasteiger partial charge in [-0.2, -0.15) is 0 Å². The maximum atomic E-state index is 14.7. The number of hydrogen-bond acceptors (Lipinski definition) is 5. The second-order valence-electron chi connectivity index (χ2n) is 10.4. The zero-order valence-electron chi connectivity index (χ0n) is 21.8. The van der Waals surface area contributed by atoms with E-state index in [0.29, 0.717) is 34.3 Å². The van der Waals surface area contributed by atoms with E-state index in [2.05, 4.69) is 59.1 Å². The zero-order chi connectivity index (χ0) is 26.3. The fourth-order valence-electron chi connectivity index (χ4n) is 5.02. The first-order valence-corrected chi connectivity index (χ1v) is 12.6. The molecule has 1 atom stereocenters. The number of nitrogens with zero attached hydrogens (tertiary/aromatic N) is 5. The molecule has 0 amide bonds. The van der Waals surface area contributed by atoms with Crippen LogP contribution in [0.25, 0.3) is 16.7 Å². The summed E-state index contributed by atoms with van der Waals surface area (Å²) in [7, 11) is 4.28. The van der Waals surface area contributed by atoms with Crippen LogP contribution >= 0.6 is 0 Å². The summed E-state index contributed by atoms with van der Waals surface area (Å²) in [6.45, 7) is 7.01. The summed E-state index contributed by atoms with van der Waals surface area (Å²) in [5, 5.41) is 3.87. The number of halogens is 1. The average molecular weight is 501 g/mol. The quantitative estimate of drug-likeness (QED) is 0.356. The molecule has 0 aliphatic heterocycles. The highest BCUT2D eigenvalue weighted by Crippen LogP contribution is 2.29. The first kappa shape index (κ1) is 24.9. The fourth-order valence-corrected chi connectivity index (χ4v) is 5.02. The van der Waals surface area contributed by atoms with Crippen molar-refractivity contribution in [2.45, 2.75) is 51.4 Å². The van der Waals surface area contributed by atoms with E-state index < -0.39 is 5.67 Å². The minimum absolute atomic E-state index is 0.204. The van der Waals surface area contributed by atoms with Crippen molar-refractivity contribution in [3.05, 3.63) is 88.5 Å². The maximum absolute atomic E-state index is 14.7. The van der Waals surface area contributed by atoms with E-state index >= 15 is 0 Å². The van der Waals surface area contributed by atoms with Gasteiger partial charge in [-0.25, -0.2) is 23.7 Å². The normalized spacial score (nSPS) is 15.7. The second kappa shape index (κ2) is 9.59. The molecule has 0 saturated carbocycles. The molecule has 8 heteroatoms. The predicted octanol–water partition coefficient (Wildman–Crippen LogP) is 5.14. The molecule has 0 saturated heterocycles. The third-order valence-electron chi connectivity index (χ3n) is 7.09. The molecule has 7 nitrogen and oxygen atoms in total. The third kappa shape index (κ3) is 4.81. The van der Waals surface area contributed by atoms with Gasteiger partial charge in [0.2, 0.25) is 0 Å². The molecule has 3 aromatic heterocycles. The molecule has 4 aromatic rings. The van der Waals surface area contributed by atoms with E-state index in [1.54, 1.807) is 39.8 Å². The lowest BCUT2D eigenvalue weighted by Gasteiger charge is -2.30. The van der Waals surface area contributed by atoms with Crippen molar-refractivity contribution in [2.24, 2.45) is 0 Å². The van der Waals surface area contributed by atoms with Gasteiger partial charge in [0.1, 0.15) is 11.5 Å². The van der Waals surface area contributed by atoms with Crippen LogP contribution in [0.5, 0.6) is 0 Å². The Bertz CT molecular complexity index is 1530. The van der Waals surface area contributed by atoms with Gasteiger partial charge in [0.15, 0.2) is 5.82 Å². The number of alkyl halides is 1. The molecule has 192 valence electrons. The van der Waals surface area contributed by atoms with Crippen LogP contribution in [0.4, 0.5) is 15.9 Å². The van der Waals surface area contributed by atoms with Gasteiger partial charge >= 0.3 is 0 Å². The Labute approximate surface area is 216 Å². The molecule has 1 aliphatic carbocycles. The Morgan fingerprint density at radius 3 is 2.76 bits per heavy atom. The molecule has 0 spiro atoms. The number of hydrogen-bond donors (Lipinski definition) is 1. The number of fused-ring (bicyclic) bond motifs is 2. The van der Waals surface area contributed by atoms with Gasteiger partial charge in [-0.3, -0.25) is 4.79 Å². The molecule has 1 N–H and O–H groups in total. The predicted molar refractivity (Wildman–Crippen MR) is 147 cm³/mol. The number of aromatic nitrogens is 4. The topological polar surface area (TPSA) is 68.0 Å². The van der Waals surface area contributed by atoms with E-state index in [1.807, 2.05) is 6.07 Å². The van der Waals surface area contributed by atoms with Crippen LogP contribution in [-0.2, 0) is 25.1 Å². The number of rotatable bonds is 7. The molecular formula is C29H33FN6O. The summed E-state index contributed by atoms with van der Waals surface area (Å²) < 4.78 is 18.0. The Morgan fingerprint density at radius 1 is 1.22 bits per heavy atom. The Kier molecular flexibility index (Phi) is 6.45. The minimum Gasteiger partial charge on any atom is -0.340 e. The highest BCUT2D eigenvalue weighted by Gasteiger charge is 2.23. The van der Waals surface area contributed by atoms with Crippen LogP contribution in [0.15, 0.2) is 66.1 Å². The molecule has 3 heterocycles. The van der Waals surface area contributed by atoms with Gasteiger partial charge in [0.25, 0.3) is 5.56 Å². The Hall–Kier alpha value is -3.78. The zero-order valence-corrected chi connectivity index (χ0v) is 21.8. The van der Waals surface area contributed by atoms with Crippen molar-refractivity contribution in [1.29, 1.82) is 0 Å². The maximum Gasteiger partial charge on any atom is 0.276 e. The van der Waals surface area contributed by atoms with Gasteiger partial charge in [-0.1, -0.05) is 18.2 Å². The van der Waals surface area contributed by atoms with Crippen molar-refractivity contribution >= 4 is 22.4 Å². The summed E-state index contributed by atoms with van der Waals surface area (Å²) in [6, 6.07) is 14.0. The fraction of sp³-hybridized carbons (Fsp3) is 0.345. The van der Waals surface area contributed by atoms with E-state index in [1.165, 1.54) is 25.0 Å². The van der Waals surface area contributed by atoms with Crippen LogP contribution in [0.1, 0.15) is 37.1 Å². The van der Waals surface area contributed by atoms with Crippen LogP contribution < -0.4 is 10.9 Å². The van der Waals surface area contributed by atoms with E-state index in [4.69, 9.17) is 0 Å². The van der Waals surface area contributed by atoms with Gasteiger partial charge < -0.3 is 10.2 Å². The summed E-state index contributed by atoms with van der Waals surface area (Å²) in [5.41, 5.74) is 2.80. The van der Waals surface area contributed by atoms with Crippen LogP contribution in [-0.4, -0.2) is 44.4 Å². The molecule has 1 aliphatic rings. The number of anilines is 2. The number of nitrogens with one attached hydrogen (secondary N) is 1. The van der Waals surface area contributed by atoms with Crippen LogP contribution in [0, 0.1) is 0 Å². The van der Waals surface area contributed by atoms with E-state index in [0.717, 1.165) is 24.9 Å². The van der Waals surface area contributed by atoms with E-state index in [9.17, 15) is 9.18 Å². The van der Waals surface area contributed by atoms with Crippen molar-refractivity contribution in [3.8, 4) is 5.82 Å². The molecule has 1 unspecified atom stereocenters. The molecule has 0 radical (unpaired) electrons. The smallest absolute Gasteiger partial charge is 0.276 e. The molecule has 5 rings (SSSR count). The van der Waals surface area contributed by atoms with Gasteiger partial charge in [0, 0.05) is 24.0 Å². The molecule has 0 fully saturated rings. The SMILES string of the molecule is C=CCn1c(=O)c2cnc(Nc3ccc4c(c3)CCC(N(C)C)C4)cc2n1-c1cccc(C(C)(C)F)n1. The molecular weight excluding hydrogens is 467 g/mol. The number of likely N-dealkylation sites (N-methyl/N-ethyl adjacent to an activating group) is 1.